The van der Waals surface area contributed by atoms with Crippen molar-refractivity contribution in [2.75, 3.05) is 45.1 Å². The van der Waals surface area contributed by atoms with Gasteiger partial charge in [0.2, 0.25) is 0 Å². The number of halogens is 1. The third kappa shape index (κ3) is 5.74. The molecule has 1 aliphatic heterocycles. The van der Waals surface area contributed by atoms with Crippen LogP contribution in [0.15, 0.2) is 0 Å². The first-order valence-electron chi connectivity index (χ1n) is 6.37. The molecule has 0 atom stereocenters. The smallest absolute Gasteiger partial charge is 0.0351 e. The Labute approximate surface area is 99.6 Å². The van der Waals surface area contributed by atoms with Crippen LogP contribution in [0.4, 0.5) is 0 Å². The standard InChI is InChI=1S/C12H25ClN2/c1-2-3-7-15(10-6-13)12-11-14-8-4-5-9-14/h2-12H2,1H3. The lowest BCUT2D eigenvalue weighted by Crippen LogP contribution is -2.35. The molecule has 15 heavy (non-hydrogen) atoms. The molecule has 3 heteroatoms. The average Bonchev–Trinajstić information content (AvgIpc) is 2.75. The SMILES string of the molecule is CCCCN(CCCl)CCN1CCCC1. The summed E-state index contributed by atoms with van der Waals surface area (Å²) in [6.45, 7) is 9.57. The maximum Gasteiger partial charge on any atom is 0.0351 e. The van der Waals surface area contributed by atoms with E-state index >= 15 is 0 Å². The van der Waals surface area contributed by atoms with E-state index in [1.54, 1.807) is 0 Å². The van der Waals surface area contributed by atoms with E-state index in [1.807, 2.05) is 0 Å². The number of nitrogens with zero attached hydrogens (tertiary/aromatic N) is 2. The van der Waals surface area contributed by atoms with Crippen molar-refractivity contribution in [1.29, 1.82) is 0 Å². The van der Waals surface area contributed by atoms with Crippen molar-refractivity contribution < 1.29 is 0 Å². The Hall–Kier alpha value is 0.210. The number of rotatable bonds is 8. The third-order valence-corrected chi connectivity index (χ3v) is 3.33. The van der Waals surface area contributed by atoms with Gasteiger partial charge in [-0.25, -0.2) is 0 Å². The molecule has 0 spiro atoms. The van der Waals surface area contributed by atoms with E-state index < -0.39 is 0 Å². The fraction of sp³-hybridized carbons (Fsp3) is 1.00. The van der Waals surface area contributed by atoms with Gasteiger partial charge < -0.3 is 9.80 Å². The quantitative estimate of drug-likeness (QED) is 0.594. The summed E-state index contributed by atoms with van der Waals surface area (Å²) >= 11 is 5.82. The highest BCUT2D eigenvalue weighted by Crippen LogP contribution is 2.07. The number of hydrogen-bond acceptors (Lipinski definition) is 2. The molecule has 0 aliphatic carbocycles. The van der Waals surface area contributed by atoms with Gasteiger partial charge in [-0.3, -0.25) is 0 Å². The van der Waals surface area contributed by atoms with E-state index in [2.05, 4.69) is 16.7 Å². The molecule has 0 saturated carbocycles. The van der Waals surface area contributed by atoms with Gasteiger partial charge in [0.1, 0.15) is 0 Å². The van der Waals surface area contributed by atoms with E-state index in [4.69, 9.17) is 11.6 Å². The van der Waals surface area contributed by atoms with Gasteiger partial charge in [-0.15, -0.1) is 11.6 Å². The lowest BCUT2D eigenvalue weighted by Gasteiger charge is -2.24. The van der Waals surface area contributed by atoms with Crippen LogP contribution in [0.25, 0.3) is 0 Å². The molecule has 0 N–H and O–H groups in total. The zero-order valence-electron chi connectivity index (χ0n) is 10.1. The minimum Gasteiger partial charge on any atom is -0.302 e. The highest BCUT2D eigenvalue weighted by molar-refractivity contribution is 6.18. The van der Waals surface area contributed by atoms with Crippen LogP contribution in [-0.2, 0) is 0 Å². The van der Waals surface area contributed by atoms with Crippen LogP contribution in [0.1, 0.15) is 32.6 Å². The molecule has 0 amide bonds. The summed E-state index contributed by atoms with van der Waals surface area (Å²) in [6.07, 6.45) is 5.37. The summed E-state index contributed by atoms with van der Waals surface area (Å²) in [5.41, 5.74) is 0. The minimum absolute atomic E-state index is 0.768. The first kappa shape index (κ1) is 13.3. The Morgan fingerprint density at radius 2 is 1.87 bits per heavy atom. The second-order valence-corrected chi connectivity index (χ2v) is 4.81. The van der Waals surface area contributed by atoms with Gasteiger partial charge in [0.15, 0.2) is 0 Å². The van der Waals surface area contributed by atoms with Crippen LogP contribution < -0.4 is 0 Å². The fourth-order valence-electron chi connectivity index (χ4n) is 2.13. The van der Waals surface area contributed by atoms with Crippen molar-refractivity contribution in [3.05, 3.63) is 0 Å². The van der Waals surface area contributed by atoms with E-state index in [0.29, 0.717) is 0 Å². The summed E-state index contributed by atoms with van der Waals surface area (Å²) in [6, 6.07) is 0. The molecule has 1 fully saturated rings. The summed E-state index contributed by atoms with van der Waals surface area (Å²) in [7, 11) is 0. The molecule has 0 unspecified atom stereocenters. The molecular weight excluding hydrogens is 208 g/mol. The van der Waals surface area contributed by atoms with Crippen LogP contribution in [0.2, 0.25) is 0 Å². The number of likely N-dealkylation sites (tertiary alicyclic amines) is 1. The van der Waals surface area contributed by atoms with Gasteiger partial charge >= 0.3 is 0 Å². The Morgan fingerprint density at radius 3 is 2.47 bits per heavy atom. The summed E-state index contributed by atoms with van der Waals surface area (Å²) in [5, 5.41) is 0. The molecule has 1 aliphatic rings. The summed E-state index contributed by atoms with van der Waals surface area (Å²) in [5.74, 6) is 0.768. The third-order valence-electron chi connectivity index (χ3n) is 3.16. The molecule has 90 valence electrons. The van der Waals surface area contributed by atoms with E-state index in [0.717, 1.165) is 12.4 Å². The summed E-state index contributed by atoms with van der Waals surface area (Å²) in [4.78, 5) is 5.09. The predicted octanol–water partition coefficient (Wildman–Crippen LogP) is 2.42. The Morgan fingerprint density at radius 1 is 1.13 bits per heavy atom. The van der Waals surface area contributed by atoms with Crippen molar-refractivity contribution in [2.24, 2.45) is 0 Å². The maximum absolute atomic E-state index is 5.82. The molecule has 1 heterocycles. The highest BCUT2D eigenvalue weighted by atomic mass is 35.5. The van der Waals surface area contributed by atoms with E-state index in [-0.39, 0.29) is 0 Å². The van der Waals surface area contributed by atoms with Gasteiger partial charge in [0.25, 0.3) is 0 Å². The average molecular weight is 233 g/mol. The first-order valence-corrected chi connectivity index (χ1v) is 6.91. The number of hydrogen-bond donors (Lipinski definition) is 0. The summed E-state index contributed by atoms with van der Waals surface area (Å²) < 4.78 is 0. The first-order chi connectivity index (χ1) is 7.36. The Balaban J connectivity index is 2.11. The van der Waals surface area contributed by atoms with Crippen LogP contribution in [0.5, 0.6) is 0 Å². The predicted molar refractivity (Wildman–Crippen MR) is 67.7 cm³/mol. The van der Waals surface area contributed by atoms with Crippen LogP contribution in [0, 0.1) is 0 Å². The largest absolute Gasteiger partial charge is 0.302 e. The molecule has 1 rings (SSSR count). The van der Waals surface area contributed by atoms with E-state index in [9.17, 15) is 0 Å². The topological polar surface area (TPSA) is 6.48 Å². The van der Waals surface area contributed by atoms with Crippen molar-refractivity contribution in [3.8, 4) is 0 Å². The minimum atomic E-state index is 0.768. The lowest BCUT2D eigenvalue weighted by atomic mass is 10.3. The van der Waals surface area contributed by atoms with Crippen molar-refractivity contribution in [1.82, 2.24) is 9.80 Å². The molecule has 0 aromatic carbocycles. The maximum atomic E-state index is 5.82. The van der Waals surface area contributed by atoms with Gasteiger partial charge in [-0.05, 0) is 38.9 Å². The second kappa shape index (κ2) is 8.37. The fourth-order valence-corrected chi connectivity index (χ4v) is 2.36. The van der Waals surface area contributed by atoms with Crippen LogP contribution in [-0.4, -0.2) is 54.9 Å². The normalized spacial score (nSPS) is 17.8. The molecule has 2 nitrogen and oxygen atoms in total. The van der Waals surface area contributed by atoms with Gasteiger partial charge in [-0.1, -0.05) is 13.3 Å². The highest BCUT2D eigenvalue weighted by Gasteiger charge is 2.12. The van der Waals surface area contributed by atoms with Crippen LogP contribution in [0.3, 0.4) is 0 Å². The zero-order chi connectivity index (χ0) is 10.9. The number of unbranched alkanes of at least 4 members (excludes halogenated alkanes) is 1. The van der Waals surface area contributed by atoms with Gasteiger partial charge in [0, 0.05) is 25.5 Å². The molecule has 0 bridgehead atoms. The lowest BCUT2D eigenvalue weighted by molar-refractivity contribution is 0.231. The Kier molecular flexibility index (Phi) is 7.41. The molecule has 1 saturated heterocycles. The number of alkyl halides is 1. The zero-order valence-corrected chi connectivity index (χ0v) is 10.8. The Bertz CT molecular complexity index is 147. The molecular formula is C12H25ClN2. The molecule has 0 aromatic heterocycles. The van der Waals surface area contributed by atoms with E-state index in [1.165, 1.54) is 58.4 Å². The monoisotopic (exact) mass is 232 g/mol. The van der Waals surface area contributed by atoms with Gasteiger partial charge in [-0.2, -0.15) is 0 Å². The van der Waals surface area contributed by atoms with Crippen molar-refractivity contribution in [3.63, 3.8) is 0 Å². The second-order valence-electron chi connectivity index (χ2n) is 4.43. The van der Waals surface area contributed by atoms with Crippen molar-refractivity contribution in [2.45, 2.75) is 32.6 Å². The van der Waals surface area contributed by atoms with Crippen molar-refractivity contribution >= 4 is 11.6 Å². The van der Waals surface area contributed by atoms with Crippen LogP contribution >= 0.6 is 11.6 Å². The van der Waals surface area contributed by atoms with Gasteiger partial charge in [0.05, 0.1) is 0 Å². The molecule has 0 radical (unpaired) electrons. The molecule has 0 aromatic rings.